The maximum absolute atomic E-state index is 11.0. The van der Waals surface area contributed by atoms with Crippen LogP contribution in [0.25, 0.3) is 0 Å². The van der Waals surface area contributed by atoms with E-state index in [1.54, 1.807) is 20.8 Å². The summed E-state index contributed by atoms with van der Waals surface area (Å²) in [6.45, 7) is 4.99. The van der Waals surface area contributed by atoms with Gasteiger partial charge in [0.05, 0.1) is 0 Å². The molecule has 1 amide bonds. The van der Waals surface area contributed by atoms with Gasteiger partial charge in [0.1, 0.15) is 11.6 Å². The van der Waals surface area contributed by atoms with Gasteiger partial charge in [0.2, 0.25) is 0 Å². The molecule has 0 aromatic heterocycles. The van der Waals surface area contributed by atoms with E-state index < -0.39 is 23.7 Å². The summed E-state index contributed by atoms with van der Waals surface area (Å²) in [6.07, 6.45) is -0.672. The largest absolute Gasteiger partial charge is 0.480 e. The number of carbonyl (C=O) groups excluding carboxylic acids is 1. The van der Waals surface area contributed by atoms with Gasteiger partial charge in [-0.25, -0.2) is 4.79 Å². The lowest BCUT2D eigenvalue weighted by molar-refractivity contribution is -0.138. The van der Waals surface area contributed by atoms with E-state index in [-0.39, 0.29) is 19.0 Å². The van der Waals surface area contributed by atoms with Gasteiger partial charge < -0.3 is 20.9 Å². The van der Waals surface area contributed by atoms with E-state index in [0.717, 1.165) is 0 Å². The lowest BCUT2D eigenvalue weighted by Crippen LogP contribution is -2.44. The summed E-state index contributed by atoms with van der Waals surface area (Å²) in [4.78, 5) is 21.3. The van der Waals surface area contributed by atoms with Crippen LogP contribution >= 0.6 is 12.4 Å². The Labute approximate surface area is 94.6 Å². The highest BCUT2D eigenvalue weighted by molar-refractivity contribution is 5.85. The number of ether oxygens (including phenoxy) is 1. The molecule has 0 aromatic carbocycles. The first-order valence-electron chi connectivity index (χ1n) is 4.17. The van der Waals surface area contributed by atoms with E-state index in [9.17, 15) is 9.59 Å². The highest BCUT2D eigenvalue weighted by atomic mass is 35.5. The fourth-order valence-electron chi connectivity index (χ4n) is 0.595. The molecule has 0 radical (unpaired) electrons. The molecule has 0 aromatic rings. The highest BCUT2D eigenvalue weighted by Gasteiger charge is 2.18. The highest BCUT2D eigenvalue weighted by Crippen LogP contribution is 2.06. The van der Waals surface area contributed by atoms with Gasteiger partial charge in [-0.2, -0.15) is 0 Å². The number of rotatable bonds is 3. The first kappa shape index (κ1) is 16.4. The zero-order chi connectivity index (χ0) is 11.4. The smallest absolute Gasteiger partial charge is 0.407 e. The van der Waals surface area contributed by atoms with Gasteiger partial charge in [-0.3, -0.25) is 4.79 Å². The molecule has 0 aliphatic carbocycles. The molecule has 0 aliphatic heterocycles. The quantitative estimate of drug-likeness (QED) is 0.661. The van der Waals surface area contributed by atoms with Crippen molar-refractivity contribution in [1.29, 1.82) is 0 Å². The molecule has 15 heavy (non-hydrogen) atoms. The summed E-state index contributed by atoms with van der Waals surface area (Å²) in [5.41, 5.74) is 4.56. The van der Waals surface area contributed by atoms with Crippen molar-refractivity contribution >= 4 is 24.5 Å². The van der Waals surface area contributed by atoms with Crippen molar-refractivity contribution in [2.75, 3.05) is 6.54 Å². The number of carbonyl (C=O) groups is 2. The van der Waals surface area contributed by atoms with E-state index in [1.165, 1.54) is 0 Å². The van der Waals surface area contributed by atoms with E-state index >= 15 is 0 Å². The van der Waals surface area contributed by atoms with Gasteiger partial charge in [0, 0.05) is 6.54 Å². The van der Waals surface area contributed by atoms with E-state index in [0.29, 0.717) is 0 Å². The number of aliphatic carboxylic acids is 1. The molecule has 0 fully saturated rings. The van der Waals surface area contributed by atoms with Crippen molar-refractivity contribution in [2.24, 2.45) is 5.73 Å². The molecule has 0 heterocycles. The Morgan fingerprint density at radius 2 is 1.93 bits per heavy atom. The van der Waals surface area contributed by atoms with Crippen LogP contribution in [0.5, 0.6) is 0 Å². The lowest BCUT2D eigenvalue weighted by atomic mass is 10.2. The van der Waals surface area contributed by atoms with Crippen LogP contribution in [-0.2, 0) is 9.53 Å². The molecule has 0 bridgehead atoms. The molecule has 1 atom stereocenters. The lowest BCUT2D eigenvalue weighted by Gasteiger charge is -2.20. The Balaban J connectivity index is 0. The van der Waals surface area contributed by atoms with Crippen molar-refractivity contribution in [1.82, 2.24) is 5.32 Å². The number of carboxylic acids is 1. The predicted octanol–water partition coefficient (Wildman–Crippen LogP) is 0.345. The molecule has 90 valence electrons. The fourth-order valence-corrected chi connectivity index (χ4v) is 0.595. The molecule has 0 rings (SSSR count). The summed E-state index contributed by atoms with van der Waals surface area (Å²) in [5, 5.41) is 10.7. The van der Waals surface area contributed by atoms with Crippen molar-refractivity contribution in [3.8, 4) is 0 Å². The summed E-state index contributed by atoms with van der Waals surface area (Å²) in [5.74, 6) is -1.17. The van der Waals surface area contributed by atoms with E-state index in [1.807, 2.05) is 0 Å². The number of hydrogen-bond acceptors (Lipinski definition) is 4. The van der Waals surface area contributed by atoms with Crippen LogP contribution in [0.1, 0.15) is 20.8 Å². The normalized spacial score (nSPS) is 12.3. The van der Waals surface area contributed by atoms with Gasteiger partial charge in [0.15, 0.2) is 0 Å². The Bertz CT molecular complexity index is 227. The average molecular weight is 241 g/mol. The van der Waals surface area contributed by atoms with Gasteiger partial charge in [0.25, 0.3) is 0 Å². The second-order valence-electron chi connectivity index (χ2n) is 3.83. The van der Waals surface area contributed by atoms with E-state index in [2.05, 4.69) is 5.32 Å². The second kappa shape index (κ2) is 6.47. The number of nitrogens with two attached hydrogens (primary N) is 1. The number of carboxylic acid groups (broad SMARTS) is 1. The third-order valence-electron chi connectivity index (χ3n) is 1.18. The first-order chi connectivity index (χ1) is 6.22. The summed E-state index contributed by atoms with van der Waals surface area (Å²) in [7, 11) is 0. The van der Waals surface area contributed by atoms with Gasteiger partial charge in [-0.1, -0.05) is 0 Å². The maximum Gasteiger partial charge on any atom is 0.407 e. The number of hydrogen-bond donors (Lipinski definition) is 3. The van der Waals surface area contributed by atoms with Gasteiger partial charge >= 0.3 is 12.1 Å². The summed E-state index contributed by atoms with van der Waals surface area (Å²) < 4.78 is 4.87. The minimum absolute atomic E-state index is 0. The van der Waals surface area contributed by atoms with Crippen LogP contribution in [0.2, 0.25) is 0 Å². The standard InChI is InChI=1S/C8H16N2O4.ClH/c1-8(2,3)14-7(13)10-4-5(9)6(11)12;/h5H,4,9H2,1-3H3,(H,10,13)(H,11,12);1H/t5-;/m0./s1. The molecular formula is C8H17ClN2O4. The zero-order valence-electron chi connectivity index (χ0n) is 8.94. The first-order valence-corrected chi connectivity index (χ1v) is 4.17. The fraction of sp³-hybridized carbons (Fsp3) is 0.750. The Hall–Kier alpha value is -1.01. The topological polar surface area (TPSA) is 102 Å². The number of halogens is 1. The number of amides is 1. The monoisotopic (exact) mass is 240 g/mol. The van der Waals surface area contributed by atoms with Crippen LogP contribution in [0.15, 0.2) is 0 Å². The second-order valence-corrected chi connectivity index (χ2v) is 3.83. The summed E-state index contributed by atoms with van der Waals surface area (Å²) in [6, 6.07) is -1.11. The molecule has 0 spiro atoms. The number of alkyl carbamates (subject to hydrolysis) is 1. The third kappa shape index (κ3) is 9.30. The Morgan fingerprint density at radius 3 is 2.27 bits per heavy atom. The Kier molecular flexibility index (Phi) is 7.08. The zero-order valence-corrected chi connectivity index (χ0v) is 9.76. The van der Waals surface area contributed by atoms with Crippen LogP contribution in [0, 0.1) is 0 Å². The number of nitrogens with one attached hydrogen (secondary N) is 1. The SMILES string of the molecule is CC(C)(C)OC(=O)NC[C@H](N)C(=O)O.Cl. The molecule has 7 heteroatoms. The van der Waals surface area contributed by atoms with Crippen molar-refractivity contribution in [2.45, 2.75) is 32.4 Å². The van der Waals surface area contributed by atoms with Crippen molar-refractivity contribution < 1.29 is 19.4 Å². The third-order valence-corrected chi connectivity index (χ3v) is 1.18. The minimum Gasteiger partial charge on any atom is -0.480 e. The molecule has 0 saturated heterocycles. The predicted molar refractivity (Wildman–Crippen MR) is 57.1 cm³/mol. The van der Waals surface area contributed by atoms with Crippen LogP contribution < -0.4 is 11.1 Å². The molecule has 4 N–H and O–H groups in total. The molecular weight excluding hydrogens is 224 g/mol. The Morgan fingerprint density at radius 1 is 1.47 bits per heavy atom. The summed E-state index contributed by atoms with van der Waals surface area (Å²) >= 11 is 0. The average Bonchev–Trinajstić information content (AvgIpc) is 1.96. The molecule has 0 aliphatic rings. The minimum atomic E-state index is -1.17. The maximum atomic E-state index is 11.0. The van der Waals surface area contributed by atoms with Crippen LogP contribution in [-0.4, -0.2) is 35.4 Å². The van der Waals surface area contributed by atoms with Crippen molar-refractivity contribution in [3.63, 3.8) is 0 Å². The van der Waals surface area contributed by atoms with Gasteiger partial charge in [-0.15, -0.1) is 12.4 Å². The molecule has 0 unspecified atom stereocenters. The van der Waals surface area contributed by atoms with Crippen molar-refractivity contribution in [3.05, 3.63) is 0 Å². The van der Waals surface area contributed by atoms with Crippen LogP contribution in [0.3, 0.4) is 0 Å². The van der Waals surface area contributed by atoms with E-state index in [4.69, 9.17) is 15.6 Å². The van der Waals surface area contributed by atoms with Gasteiger partial charge in [-0.05, 0) is 20.8 Å². The molecule has 6 nitrogen and oxygen atoms in total. The van der Waals surface area contributed by atoms with Crippen LogP contribution in [0.4, 0.5) is 4.79 Å². The molecule has 0 saturated carbocycles.